The molecule has 0 saturated heterocycles. The van der Waals surface area contributed by atoms with Gasteiger partial charge in [-0.1, -0.05) is 243 Å². The summed E-state index contributed by atoms with van der Waals surface area (Å²) in [5.74, 6) is -0.124. The molecular weight excluding hydrogens is 815 g/mol. The van der Waals surface area contributed by atoms with Gasteiger partial charge in [-0.25, -0.2) is 0 Å². The molecule has 3 N–H and O–H groups in total. The molecule has 0 aliphatic heterocycles. The number of hydrogen-bond donors (Lipinski definition) is 3. The predicted molar refractivity (Wildman–Crippen MR) is 287 cm³/mol. The minimum absolute atomic E-state index is 0.0315. The third-order valence-electron chi connectivity index (χ3n) is 13.4. The first-order valence-electron chi connectivity index (χ1n) is 29.3. The highest BCUT2D eigenvalue weighted by Crippen LogP contribution is 2.16. The van der Waals surface area contributed by atoms with E-state index in [4.69, 9.17) is 4.74 Å². The van der Waals surface area contributed by atoms with Crippen molar-refractivity contribution in [2.75, 3.05) is 13.2 Å². The van der Waals surface area contributed by atoms with Crippen LogP contribution >= 0.6 is 0 Å². The molecule has 0 spiro atoms. The SMILES string of the molecule is CCCCCCCCC/C=C\CCCCCCCC(=O)OCCCCC/C=C\CCCCCCCC(=O)NC(CO)C(O)/C=C/CCCCCCCCCCCCCCCCCCCCC. The van der Waals surface area contributed by atoms with Gasteiger partial charge in [0.15, 0.2) is 0 Å². The van der Waals surface area contributed by atoms with Crippen LogP contribution in [0.3, 0.4) is 0 Å². The Morgan fingerprint density at radius 2 is 0.712 bits per heavy atom. The molecular formula is C60H113NO5. The molecule has 0 aliphatic carbocycles. The van der Waals surface area contributed by atoms with Crippen LogP contribution in [0.25, 0.3) is 0 Å². The van der Waals surface area contributed by atoms with Crippen molar-refractivity contribution in [2.45, 2.75) is 321 Å². The van der Waals surface area contributed by atoms with Gasteiger partial charge in [0.1, 0.15) is 0 Å². The van der Waals surface area contributed by atoms with Crippen molar-refractivity contribution in [1.29, 1.82) is 0 Å². The number of carbonyl (C=O) groups is 2. The van der Waals surface area contributed by atoms with Crippen LogP contribution in [0.1, 0.15) is 309 Å². The zero-order chi connectivity index (χ0) is 47.9. The van der Waals surface area contributed by atoms with Gasteiger partial charge in [-0.15, -0.1) is 0 Å². The van der Waals surface area contributed by atoms with Crippen molar-refractivity contribution in [1.82, 2.24) is 5.32 Å². The average molecular weight is 929 g/mol. The van der Waals surface area contributed by atoms with E-state index >= 15 is 0 Å². The van der Waals surface area contributed by atoms with Gasteiger partial charge in [-0.2, -0.15) is 0 Å². The Morgan fingerprint density at radius 1 is 0.409 bits per heavy atom. The number of allylic oxidation sites excluding steroid dienone is 5. The third kappa shape index (κ3) is 51.5. The van der Waals surface area contributed by atoms with E-state index in [1.54, 1.807) is 6.08 Å². The molecule has 0 aromatic carbocycles. The van der Waals surface area contributed by atoms with Gasteiger partial charge in [0.25, 0.3) is 0 Å². The normalized spacial score (nSPS) is 12.8. The topological polar surface area (TPSA) is 95.9 Å². The lowest BCUT2D eigenvalue weighted by atomic mass is 10.0. The van der Waals surface area contributed by atoms with Crippen molar-refractivity contribution < 1.29 is 24.5 Å². The monoisotopic (exact) mass is 928 g/mol. The molecule has 1 amide bonds. The number of esters is 1. The first-order valence-corrected chi connectivity index (χ1v) is 29.3. The van der Waals surface area contributed by atoms with Gasteiger partial charge in [0.05, 0.1) is 25.4 Å². The van der Waals surface area contributed by atoms with Gasteiger partial charge in [0.2, 0.25) is 5.91 Å². The van der Waals surface area contributed by atoms with E-state index in [-0.39, 0.29) is 18.5 Å². The molecule has 0 aromatic heterocycles. The van der Waals surface area contributed by atoms with E-state index in [9.17, 15) is 19.8 Å². The van der Waals surface area contributed by atoms with Crippen LogP contribution in [-0.2, 0) is 14.3 Å². The summed E-state index contributed by atoms with van der Waals surface area (Å²) in [4.78, 5) is 24.5. The molecule has 0 aromatic rings. The van der Waals surface area contributed by atoms with Crippen LogP contribution in [0.5, 0.6) is 0 Å². The molecule has 0 bridgehead atoms. The van der Waals surface area contributed by atoms with Gasteiger partial charge in [-0.05, 0) is 89.9 Å². The molecule has 2 unspecified atom stereocenters. The summed E-state index contributed by atoms with van der Waals surface area (Å²) < 4.78 is 5.45. The van der Waals surface area contributed by atoms with Gasteiger partial charge < -0.3 is 20.3 Å². The maximum absolute atomic E-state index is 12.5. The summed E-state index contributed by atoms with van der Waals surface area (Å²) in [6.45, 7) is 4.85. The quantitative estimate of drug-likeness (QED) is 0.0321. The van der Waals surface area contributed by atoms with Crippen LogP contribution < -0.4 is 5.32 Å². The zero-order valence-corrected chi connectivity index (χ0v) is 44.2. The molecule has 0 aliphatic rings. The number of rotatable bonds is 54. The fourth-order valence-electron chi connectivity index (χ4n) is 8.86. The van der Waals surface area contributed by atoms with Crippen molar-refractivity contribution >= 4 is 11.9 Å². The van der Waals surface area contributed by atoms with E-state index in [0.29, 0.717) is 19.4 Å². The predicted octanol–water partition coefficient (Wildman–Crippen LogP) is 18.0. The molecule has 388 valence electrons. The number of ether oxygens (including phenoxy) is 1. The van der Waals surface area contributed by atoms with Crippen molar-refractivity contribution in [3.05, 3.63) is 36.5 Å². The number of carbonyl (C=O) groups excluding carboxylic acids is 2. The molecule has 6 heteroatoms. The van der Waals surface area contributed by atoms with E-state index in [2.05, 4.69) is 43.5 Å². The maximum Gasteiger partial charge on any atom is 0.305 e. The number of hydrogen-bond acceptors (Lipinski definition) is 5. The van der Waals surface area contributed by atoms with Crippen LogP contribution in [0.2, 0.25) is 0 Å². The maximum atomic E-state index is 12.5. The largest absolute Gasteiger partial charge is 0.466 e. The highest BCUT2D eigenvalue weighted by molar-refractivity contribution is 5.76. The van der Waals surface area contributed by atoms with Gasteiger partial charge in [0, 0.05) is 12.8 Å². The van der Waals surface area contributed by atoms with E-state index in [0.717, 1.165) is 83.5 Å². The summed E-state index contributed by atoms with van der Waals surface area (Å²) in [6.07, 6.45) is 68.8. The first-order chi connectivity index (χ1) is 32.5. The lowest BCUT2D eigenvalue weighted by Gasteiger charge is -2.20. The van der Waals surface area contributed by atoms with Crippen molar-refractivity contribution in [2.24, 2.45) is 0 Å². The second-order valence-electron chi connectivity index (χ2n) is 20.0. The van der Waals surface area contributed by atoms with Crippen LogP contribution in [0, 0.1) is 0 Å². The lowest BCUT2D eigenvalue weighted by molar-refractivity contribution is -0.143. The number of aliphatic hydroxyl groups is 2. The Balaban J connectivity index is 3.53. The summed E-state index contributed by atoms with van der Waals surface area (Å²) >= 11 is 0. The minimum atomic E-state index is -0.862. The zero-order valence-electron chi connectivity index (χ0n) is 44.2. The van der Waals surface area contributed by atoms with Crippen molar-refractivity contribution in [3.8, 4) is 0 Å². The first kappa shape index (κ1) is 64.1. The molecule has 2 atom stereocenters. The fourth-order valence-corrected chi connectivity index (χ4v) is 8.86. The van der Waals surface area contributed by atoms with Crippen LogP contribution in [0.4, 0.5) is 0 Å². The summed E-state index contributed by atoms with van der Waals surface area (Å²) in [6, 6.07) is -0.648. The summed E-state index contributed by atoms with van der Waals surface area (Å²) in [5, 5.41) is 23.2. The number of nitrogens with one attached hydrogen (secondary N) is 1. The van der Waals surface area contributed by atoms with Gasteiger partial charge in [-0.3, -0.25) is 9.59 Å². The standard InChI is InChI=1S/C60H113NO5/c1-3-5-7-9-11-13-15-17-19-21-22-23-24-25-26-28-32-36-40-44-48-52-58(63)57(56-62)61-59(64)53-49-45-41-37-33-30-31-35-39-43-47-51-55-66-60(65)54-50-46-42-38-34-29-27-20-18-16-14-12-10-8-6-4-2/h20,27,31,35,48,52,57-58,62-63H,3-19,21-26,28-30,32-34,36-47,49-51,53-56H2,1-2H3,(H,61,64)/b27-20-,35-31-,52-48+. The summed E-state index contributed by atoms with van der Waals surface area (Å²) in [7, 11) is 0. The summed E-state index contributed by atoms with van der Waals surface area (Å²) in [5.41, 5.74) is 0. The Kier molecular flexibility index (Phi) is 54.1. The lowest BCUT2D eigenvalue weighted by Crippen LogP contribution is -2.45. The minimum Gasteiger partial charge on any atom is -0.466 e. The Hall–Kier alpha value is -1.92. The smallest absolute Gasteiger partial charge is 0.305 e. The molecule has 0 fully saturated rings. The van der Waals surface area contributed by atoms with Crippen LogP contribution in [0.15, 0.2) is 36.5 Å². The van der Waals surface area contributed by atoms with E-state index in [1.807, 2.05) is 6.08 Å². The molecule has 0 heterocycles. The molecule has 6 nitrogen and oxygen atoms in total. The molecule has 66 heavy (non-hydrogen) atoms. The van der Waals surface area contributed by atoms with Crippen molar-refractivity contribution in [3.63, 3.8) is 0 Å². The number of amides is 1. The van der Waals surface area contributed by atoms with E-state index in [1.165, 1.54) is 199 Å². The van der Waals surface area contributed by atoms with Crippen LogP contribution in [-0.4, -0.2) is 47.4 Å². The number of unbranched alkanes of at least 4 members (excludes halogenated alkanes) is 39. The number of aliphatic hydroxyl groups excluding tert-OH is 2. The molecule has 0 rings (SSSR count). The highest BCUT2D eigenvalue weighted by Gasteiger charge is 2.18. The average Bonchev–Trinajstić information content (AvgIpc) is 3.32. The molecule has 0 saturated carbocycles. The Morgan fingerprint density at radius 3 is 1.08 bits per heavy atom. The second-order valence-corrected chi connectivity index (χ2v) is 20.0. The Bertz CT molecular complexity index is 1070. The highest BCUT2D eigenvalue weighted by atomic mass is 16.5. The van der Waals surface area contributed by atoms with E-state index < -0.39 is 12.1 Å². The third-order valence-corrected chi connectivity index (χ3v) is 13.4. The van der Waals surface area contributed by atoms with Gasteiger partial charge >= 0.3 is 5.97 Å². The Labute approximate surface area is 411 Å². The second kappa shape index (κ2) is 55.7. The fraction of sp³-hybridized carbons (Fsp3) is 0.867. The molecule has 0 radical (unpaired) electrons.